The van der Waals surface area contributed by atoms with Crippen molar-refractivity contribution in [2.75, 3.05) is 19.1 Å². The number of halogens is 2. The molecule has 1 aliphatic rings. The maximum Gasteiger partial charge on any atom is 0.387 e. The lowest BCUT2D eigenvalue weighted by Gasteiger charge is -2.29. The van der Waals surface area contributed by atoms with Crippen LogP contribution in [0.4, 0.5) is 14.5 Å². The quantitative estimate of drug-likeness (QED) is 0.363. The maximum atomic E-state index is 13.6. The summed E-state index contributed by atoms with van der Waals surface area (Å²) in [6.07, 6.45) is 1.56. The first kappa shape index (κ1) is 23.0. The van der Waals surface area contributed by atoms with Gasteiger partial charge in [-0.3, -0.25) is 9.59 Å². The molecule has 2 amide bonds. The highest BCUT2D eigenvalue weighted by Gasteiger charge is 2.36. The molecule has 8 heteroatoms. The van der Waals surface area contributed by atoms with Crippen LogP contribution in [0.2, 0.25) is 0 Å². The fourth-order valence-corrected chi connectivity index (χ4v) is 3.85. The van der Waals surface area contributed by atoms with E-state index < -0.39 is 18.4 Å². The second-order valence-electron chi connectivity index (χ2n) is 7.52. The third kappa shape index (κ3) is 4.22. The SMILES string of the molecule is COc1cc(/C=C2\C(=O)N(c3cccc(C)c3)C(=O)c3ccccc32)cc(OC)c1OC(F)F. The summed E-state index contributed by atoms with van der Waals surface area (Å²) < 4.78 is 40.8. The summed E-state index contributed by atoms with van der Waals surface area (Å²) in [4.78, 5) is 28.0. The Hall–Kier alpha value is -4.20. The second-order valence-corrected chi connectivity index (χ2v) is 7.52. The molecular formula is C26H21F2NO5. The molecule has 0 radical (unpaired) electrons. The Morgan fingerprint density at radius 1 is 0.853 bits per heavy atom. The Bertz CT molecular complexity index is 1280. The molecule has 0 saturated heterocycles. The fraction of sp³-hybridized carbons (Fsp3) is 0.154. The summed E-state index contributed by atoms with van der Waals surface area (Å²) in [6.45, 7) is -1.21. The summed E-state index contributed by atoms with van der Waals surface area (Å²) in [6, 6.07) is 16.8. The molecule has 6 nitrogen and oxygen atoms in total. The lowest BCUT2D eigenvalue weighted by molar-refractivity contribution is -0.112. The number of anilines is 1. The van der Waals surface area contributed by atoms with Gasteiger partial charge >= 0.3 is 6.61 Å². The lowest BCUT2D eigenvalue weighted by atomic mass is 9.91. The Morgan fingerprint density at radius 3 is 2.09 bits per heavy atom. The molecule has 0 N–H and O–H groups in total. The number of aryl methyl sites for hydroxylation is 1. The van der Waals surface area contributed by atoms with Crippen molar-refractivity contribution in [3.05, 3.63) is 82.9 Å². The highest BCUT2D eigenvalue weighted by molar-refractivity contribution is 6.43. The number of carbonyl (C=O) groups is 2. The van der Waals surface area contributed by atoms with Gasteiger partial charge in [-0.2, -0.15) is 8.78 Å². The molecule has 0 unspecified atom stereocenters. The lowest BCUT2D eigenvalue weighted by Crippen LogP contribution is -2.41. The molecule has 3 aromatic rings. The predicted molar refractivity (Wildman–Crippen MR) is 123 cm³/mol. The summed E-state index contributed by atoms with van der Waals surface area (Å²) >= 11 is 0. The highest BCUT2D eigenvalue weighted by atomic mass is 19.3. The summed E-state index contributed by atoms with van der Waals surface area (Å²) in [5, 5.41) is 0. The van der Waals surface area contributed by atoms with E-state index in [9.17, 15) is 18.4 Å². The van der Waals surface area contributed by atoms with E-state index in [0.29, 0.717) is 22.4 Å². The Morgan fingerprint density at radius 2 is 1.50 bits per heavy atom. The Kier molecular flexibility index (Phi) is 6.32. The van der Waals surface area contributed by atoms with Crippen molar-refractivity contribution in [3.63, 3.8) is 0 Å². The molecule has 4 rings (SSSR count). The molecule has 0 fully saturated rings. The first-order valence-corrected chi connectivity index (χ1v) is 10.3. The van der Waals surface area contributed by atoms with Crippen LogP contribution in [0.1, 0.15) is 27.0 Å². The van der Waals surface area contributed by atoms with Crippen LogP contribution in [0.25, 0.3) is 11.6 Å². The molecule has 0 spiro atoms. The Balaban J connectivity index is 1.89. The zero-order valence-electron chi connectivity index (χ0n) is 18.7. The van der Waals surface area contributed by atoms with Gasteiger partial charge in [-0.1, -0.05) is 30.3 Å². The van der Waals surface area contributed by atoms with Gasteiger partial charge in [0.25, 0.3) is 11.8 Å². The normalized spacial score (nSPS) is 14.4. The van der Waals surface area contributed by atoms with Gasteiger partial charge in [0, 0.05) is 11.1 Å². The largest absolute Gasteiger partial charge is 0.493 e. The van der Waals surface area contributed by atoms with Crippen molar-refractivity contribution in [3.8, 4) is 17.2 Å². The number of benzene rings is 3. The molecular weight excluding hydrogens is 444 g/mol. The second kappa shape index (κ2) is 9.35. The van der Waals surface area contributed by atoms with Crippen molar-refractivity contribution in [1.29, 1.82) is 0 Å². The summed E-state index contributed by atoms with van der Waals surface area (Å²) in [5.74, 6) is -1.18. The van der Waals surface area contributed by atoms with Crippen LogP contribution in [0, 0.1) is 6.92 Å². The van der Waals surface area contributed by atoms with Crippen LogP contribution in [0.5, 0.6) is 17.2 Å². The van der Waals surface area contributed by atoms with E-state index in [0.717, 1.165) is 10.5 Å². The van der Waals surface area contributed by atoms with Crippen LogP contribution < -0.4 is 19.1 Å². The van der Waals surface area contributed by atoms with Crippen molar-refractivity contribution in [2.45, 2.75) is 13.5 Å². The summed E-state index contributed by atoms with van der Waals surface area (Å²) in [7, 11) is 2.62. The number of rotatable bonds is 6. The molecule has 1 aliphatic heterocycles. The smallest absolute Gasteiger partial charge is 0.387 e. The van der Waals surface area contributed by atoms with Crippen molar-refractivity contribution < 1.29 is 32.6 Å². The van der Waals surface area contributed by atoms with E-state index in [1.807, 2.05) is 13.0 Å². The minimum Gasteiger partial charge on any atom is -0.493 e. The zero-order chi connectivity index (χ0) is 24.4. The van der Waals surface area contributed by atoms with Crippen molar-refractivity contribution in [2.24, 2.45) is 0 Å². The molecule has 0 saturated carbocycles. The number of ether oxygens (including phenoxy) is 3. The number of hydrogen-bond donors (Lipinski definition) is 0. The topological polar surface area (TPSA) is 65.1 Å². The number of imide groups is 1. The highest BCUT2D eigenvalue weighted by Crippen LogP contribution is 2.41. The van der Waals surface area contributed by atoms with E-state index in [2.05, 4.69) is 4.74 Å². The van der Waals surface area contributed by atoms with Crippen LogP contribution >= 0.6 is 0 Å². The van der Waals surface area contributed by atoms with Crippen LogP contribution in [-0.4, -0.2) is 32.6 Å². The molecule has 34 heavy (non-hydrogen) atoms. The van der Waals surface area contributed by atoms with Gasteiger partial charge < -0.3 is 14.2 Å². The number of nitrogens with zero attached hydrogens (tertiary/aromatic N) is 1. The average Bonchev–Trinajstić information content (AvgIpc) is 2.82. The fourth-order valence-electron chi connectivity index (χ4n) is 3.85. The third-order valence-electron chi connectivity index (χ3n) is 5.34. The van der Waals surface area contributed by atoms with Gasteiger partial charge in [-0.15, -0.1) is 0 Å². The molecule has 174 valence electrons. The number of methoxy groups -OCH3 is 2. The Labute approximate surface area is 195 Å². The minimum atomic E-state index is -3.08. The van der Waals surface area contributed by atoms with Gasteiger partial charge in [0.1, 0.15) is 0 Å². The van der Waals surface area contributed by atoms with E-state index in [-0.39, 0.29) is 22.8 Å². The molecule has 0 atom stereocenters. The molecule has 0 bridgehead atoms. The van der Waals surface area contributed by atoms with Gasteiger partial charge in [0.05, 0.1) is 19.9 Å². The monoisotopic (exact) mass is 465 g/mol. The van der Waals surface area contributed by atoms with Gasteiger partial charge in [0.15, 0.2) is 11.5 Å². The van der Waals surface area contributed by atoms with Crippen LogP contribution in [0.15, 0.2) is 60.7 Å². The molecule has 0 aliphatic carbocycles. The minimum absolute atomic E-state index is 0.00894. The van der Waals surface area contributed by atoms with Gasteiger partial charge in [0.2, 0.25) is 5.75 Å². The first-order valence-electron chi connectivity index (χ1n) is 10.3. The number of amides is 2. The number of carbonyl (C=O) groups excluding carboxylic acids is 2. The third-order valence-corrected chi connectivity index (χ3v) is 5.34. The average molecular weight is 465 g/mol. The van der Waals surface area contributed by atoms with E-state index >= 15 is 0 Å². The molecule has 3 aromatic carbocycles. The van der Waals surface area contributed by atoms with E-state index in [1.54, 1.807) is 48.5 Å². The number of fused-ring (bicyclic) bond motifs is 1. The number of alkyl halides is 2. The first-order chi connectivity index (χ1) is 16.3. The van der Waals surface area contributed by atoms with E-state index in [1.165, 1.54) is 26.4 Å². The van der Waals surface area contributed by atoms with E-state index in [4.69, 9.17) is 9.47 Å². The van der Waals surface area contributed by atoms with Gasteiger partial charge in [-0.05, 0) is 60.0 Å². The van der Waals surface area contributed by atoms with Crippen LogP contribution in [0.3, 0.4) is 0 Å². The summed E-state index contributed by atoms with van der Waals surface area (Å²) in [5.41, 5.74) is 2.87. The predicted octanol–water partition coefficient (Wildman–Crippen LogP) is 5.34. The number of hydrogen-bond acceptors (Lipinski definition) is 5. The van der Waals surface area contributed by atoms with Gasteiger partial charge in [-0.25, -0.2) is 4.90 Å². The van der Waals surface area contributed by atoms with Crippen molar-refractivity contribution >= 4 is 29.2 Å². The maximum absolute atomic E-state index is 13.6. The standard InChI is InChI=1S/C26H21F2NO5/c1-15-7-6-8-17(11-15)29-24(30)19-10-5-4-9-18(19)20(25(29)31)12-16-13-21(32-2)23(34-26(27)28)22(14-16)33-3/h4-14,26H,1-3H3/b20-12-. The zero-order valence-corrected chi connectivity index (χ0v) is 18.7. The molecule has 0 aromatic heterocycles. The van der Waals surface area contributed by atoms with Crippen molar-refractivity contribution in [1.82, 2.24) is 0 Å². The van der Waals surface area contributed by atoms with Crippen LogP contribution in [-0.2, 0) is 4.79 Å². The molecule has 1 heterocycles.